The smallest absolute Gasteiger partial charge is 0.245 e. The molecule has 1 saturated heterocycles. The average Bonchev–Trinajstić information content (AvgIpc) is 3.64. The number of fused-ring (bicyclic) bond motifs is 5. The highest BCUT2D eigenvalue weighted by Gasteiger charge is 2.58. The van der Waals surface area contributed by atoms with E-state index >= 15 is 0 Å². The van der Waals surface area contributed by atoms with E-state index < -0.39 is 5.41 Å². The van der Waals surface area contributed by atoms with Crippen LogP contribution in [0.3, 0.4) is 0 Å². The molecule has 196 valence electrons. The molecule has 1 fully saturated rings. The molecule has 7 rings (SSSR count). The van der Waals surface area contributed by atoms with Gasteiger partial charge < -0.3 is 28.7 Å². The van der Waals surface area contributed by atoms with E-state index in [2.05, 4.69) is 54.3 Å². The van der Waals surface area contributed by atoms with Gasteiger partial charge in [-0.15, -0.1) is 0 Å². The molecule has 0 bridgehead atoms. The Balaban J connectivity index is 1.36. The molecule has 1 spiro atoms. The number of hydrogen-bond acceptors (Lipinski definition) is 6. The van der Waals surface area contributed by atoms with E-state index in [-0.39, 0.29) is 19.3 Å². The van der Waals surface area contributed by atoms with Crippen molar-refractivity contribution in [3.63, 3.8) is 0 Å². The number of amides is 1. The molecule has 0 radical (unpaired) electrons. The third-order valence-electron chi connectivity index (χ3n) is 8.29. The van der Waals surface area contributed by atoms with Crippen molar-refractivity contribution >= 4 is 17.3 Å². The first-order chi connectivity index (χ1) is 18.7. The van der Waals surface area contributed by atoms with Crippen molar-refractivity contribution in [1.29, 1.82) is 0 Å². The van der Waals surface area contributed by atoms with Crippen LogP contribution < -0.4 is 24.0 Å². The largest absolute Gasteiger partial charge is 0.491 e. The van der Waals surface area contributed by atoms with E-state index in [1.807, 2.05) is 17.0 Å². The summed E-state index contributed by atoms with van der Waals surface area (Å²) < 4.78 is 23.1. The third kappa shape index (κ3) is 3.48. The summed E-state index contributed by atoms with van der Waals surface area (Å²) in [7, 11) is 0. The van der Waals surface area contributed by atoms with Crippen molar-refractivity contribution in [1.82, 2.24) is 0 Å². The summed E-state index contributed by atoms with van der Waals surface area (Å²) in [4.78, 5) is 18.8. The Morgan fingerprint density at radius 2 is 1.68 bits per heavy atom. The minimum Gasteiger partial charge on any atom is -0.491 e. The van der Waals surface area contributed by atoms with Gasteiger partial charge in [0.1, 0.15) is 17.8 Å². The molecule has 4 aliphatic heterocycles. The van der Waals surface area contributed by atoms with E-state index in [1.165, 1.54) is 5.69 Å². The Morgan fingerprint density at radius 3 is 2.47 bits per heavy atom. The van der Waals surface area contributed by atoms with Gasteiger partial charge >= 0.3 is 0 Å². The van der Waals surface area contributed by atoms with Crippen LogP contribution in [0, 0.1) is 0 Å². The van der Waals surface area contributed by atoms with Crippen molar-refractivity contribution < 1.29 is 23.7 Å². The summed E-state index contributed by atoms with van der Waals surface area (Å²) in [5.41, 5.74) is 5.31. The molecule has 4 heterocycles. The molecule has 7 heteroatoms. The van der Waals surface area contributed by atoms with Crippen molar-refractivity contribution in [2.45, 2.75) is 31.6 Å². The summed E-state index contributed by atoms with van der Waals surface area (Å²) in [5, 5.41) is 0. The molecule has 38 heavy (non-hydrogen) atoms. The summed E-state index contributed by atoms with van der Waals surface area (Å²) >= 11 is 0. The Bertz CT molecular complexity index is 1380. The van der Waals surface area contributed by atoms with Crippen LogP contribution in [-0.2, 0) is 14.9 Å². The normalized spacial score (nSPS) is 21.1. The maximum Gasteiger partial charge on any atom is 0.245 e. The van der Waals surface area contributed by atoms with E-state index in [9.17, 15) is 4.79 Å². The molecule has 0 N–H and O–H groups in total. The Morgan fingerprint density at radius 1 is 0.895 bits per heavy atom. The third-order valence-corrected chi connectivity index (χ3v) is 8.29. The monoisotopic (exact) mass is 512 g/mol. The van der Waals surface area contributed by atoms with Gasteiger partial charge in [0.15, 0.2) is 11.5 Å². The van der Waals surface area contributed by atoms with E-state index in [0.29, 0.717) is 23.8 Å². The van der Waals surface area contributed by atoms with E-state index in [0.717, 1.165) is 73.5 Å². The number of nitrogens with zero attached hydrogens (tertiary/aromatic N) is 2. The zero-order chi connectivity index (χ0) is 25.7. The second-order valence-corrected chi connectivity index (χ2v) is 10.4. The van der Waals surface area contributed by atoms with Gasteiger partial charge in [-0.2, -0.15) is 0 Å². The van der Waals surface area contributed by atoms with Crippen LogP contribution >= 0.6 is 0 Å². The number of carbonyl (C=O) groups excluding carboxylic acids is 1. The molecule has 3 aromatic rings. The van der Waals surface area contributed by atoms with E-state index in [4.69, 9.17) is 18.9 Å². The zero-order valence-electron chi connectivity index (χ0n) is 21.7. The van der Waals surface area contributed by atoms with Gasteiger partial charge in [-0.25, -0.2) is 0 Å². The molecule has 0 saturated carbocycles. The summed E-state index contributed by atoms with van der Waals surface area (Å²) in [6, 6.07) is 18.8. The summed E-state index contributed by atoms with van der Waals surface area (Å²) in [5.74, 6) is 2.11. The highest BCUT2D eigenvalue weighted by molar-refractivity contribution is 6.13. The molecule has 1 amide bonds. The quantitative estimate of drug-likeness (QED) is 0.427. The molecule has 1 atom stereocenters. The van der Waals surface area contributed by atoms with Gasteiger partial charge in [-0.05, 0) is 41.8 Å². The molecule has 1 unspecified atom stereocenters. The van der Waals surface area contributed by atoms with Crippen LogP contribution in [0.25, 0.3) is 11.1 Å². The van der Waals surface area contributed by atoms with Gasteiger partial charge in [-0.1, -0.05) is 44.0 Å². The minimum absolute atomic E-state index is 0.0820. The number of morpholine rings is 1. The minimum atomic E-state index is -0.919. The van der Waals surface area contributed by atoms with Crippen LogP contribution in [-0.4, -0.2) is 52.2 Å². The van der Waals surface area contributed by atoms with Gasteiger partial charge in [0.05, 0.1) is 13.2 Å². The first kappa shape index (κ1) is 23.4. The van der Waals surface area contributed by atoms with Gasteiger partial charge in [0, 0.05) is 48.2 Å². The predicted octanol–water partition coefficient (Wildman–Crippen LogP) is 5.13. The Hall–Kier alpha value is -3.71. The van der Waals surface area contributed by atoms with Crippen LogP contribution in [0.15, 0.2) is 54.6 Å². The maximum absolute atomic E-state index is 14.4. The number of anilines is 2. The fourth-order valence-corrected chi connectivity index (χ4v) is 6.34. The lowest BCUT2D eigenvalue weighted by Gasteiger charge is -2.29. The SMILES string of the molecule is CCCCCN1C(=O)C2(COc3cc4c(cc32)OCO4)c2c(-c3ccc(N4CCOCC4)cc3)cccc21. The molecule has 3 aromatic carbocycles. The lowest BCUT2D eigenvalue weighted by molar-refractivity contribution is -0.122. The van der Waals surface area contributed by atoms with E-state index in [1.54, 1.807) is 0 Å². The number of rotatable bonds is 6. The van der Waals surface area contributed by atoms with Crippen molar-refractivity contribution in [2.75, 3.05) is 56.0 Å². The maximum atomic E-state index is 14.4. The first-order valence-corrected chi connectivity index (χ1v) is 13.7. The van der Waals surface area contributed by atoms with Crippen LogP contribution in [0.2, 0.25) is 0 Å². The molecular weight excluding hydrogens is 480 g/mol. The Kier molecular flexibility index (Phi) is 5.69. The number of ether oxygens (including phenoxy) is 4. The van der Waals surface area contributed by atoms with Gasteiger partial charge in [0.25, 0.3) is 0 Å². The predicted molar refractivity (Wildman–Crippen MR) is 146 cm³/mol. The van der Waals surface area contributed by atoms with Gasteiger partial charge in [-0.3, -0.25) is 4.79 Å². The number of carbonyl (C=O) groups is 1. The van der Waals surface area contributed by atoms with Crippen LogP contribution in [0.4, 0.5) is 11.4 Å². The van der Waals surface area contributed by atoms with Crippen molar-refractivity contribution in [3.05, 3.63) is 65.7 Å². The molecule has 0 aliphatic carbocycles. The van der Waals surface area contributed by atoms with Gasteiger partial charge in [0.2, 0.25) is 12.7 Å². The lowest BCUT2D eigenvalue weighted by Crippen LogP contribution is -2.43. The van der Waals surface area contributed by atoms with Crippen LogP contribution in [0.5, 0.6) is 17.2 Å². The Labute approximate surface area is 222 Å². The zero-order valence-corrected chi connectivity index (χ0v) is 21.7. The molecule has 7 nitrogen and oxygen atoms in total. The summed E-state index contributed by atoms with van der Waals surface area (Å²) in [6.45, 7) is 6.63. The number of benzene rings is 3. The molecule has 4 aliphatic rings. The summed E-state index contributed by atoms with van der Waals surface area (Å²) in [6.07, 6.45) is 3.15. The number of hydrogen-bond donors (Lipinski definition) is 0. The molecular formula is C31H32N2O5. The fourth-order valence-electron chi connectivity index (χ4n) is 6.34. The first-order valence-electron chi connectivity index (χ1n) is 13.7. The second kappa shape index (κ2) is 9.24. The lowest BCUT2D eigenvalue weighted by atomic mass is 9.74. The van der Waals surface area contributed by atoms with Crippen LogP contribution in [0.1, 0.15) is 37.3 Å². The molecule has 0 aromatic heterocycles. The highest BCUT2D eigenvalue weighted by Crippen LogP contribution is 2.57. The highest BCUT2D eigenvalue weighted by atomic mass is 16.7. The van der Waals surface area contributed by atoms with Crippen molar-refractivity contribution in [3.8, 4) is 28.4 Å². The number of unbranched alkanes of at least 4 members (excludes halogenated alkanes) is 2. The second-order valence-electron chi connectivity index (χ2n) is 10.4. The standard InChI is InChI=1S/C31H32N2O5/c1-2-3-4-12-33-25-7-5-6-23(21-8-10-22(11-9-21)32-13-15-35-16-14-32)29(25)31(30(33)34)19-36-26-18-28-27(17-24(26)31)37-20-38-28/h5-11,17-18H,2-4,12-16,19-20H2,1H3. The topological polar surface area (TPSA) is 60.5 Å². The average molecular weight is 513 g/mol. The van der Waals surface area contributed by atoms with Crippen molar-refractivity contribution in [2.24, 2.45) is 0 Å². The fraction of sp³-hybridized carbons (Fsp3) is 0.387.